The van der Waals surface area contributed by atoms with Gasteiger partial charge in [0.15, 0.2) is 0 Å². The number of aryl methyl sites for hydroxylation is 2. The lowest BCUT2D eigenvalue weighted by atomic mass is 10.3. The van der Waals surface area contributed by atoms with E-state index in [1.54, 1.807) is 24.7 Å². The van der Waals surface area contributed by atoms with Gasteiger partial charge >= 0.3 is 5.97 Å². The first kappa shape index (κ1) is 13.1. The number of aromatic carboxylic acids is 1. The van der Waals surface area contributed by atoms with E-state index in [0.29, 0.717) is 21.3 Å². The van der Waals surface area contributed by atoms with Crippen molar-refractivity contribution >= 4 is 17.7 Å². The molecule has 0 saturated heterocycles. The maximum absolute atomic E-state index is 11.1. The Balaban J connectivity index is 2.48. The van der Waals surface area contributed by atoms with E-state index in [0.717, 1.165) is 11.8 Å². The fourth-order valence-electron chi connectivity index (χ4n) is 1.61. The average Bonchev–Trinajstić information content (AvgIpc) is 2.64. The van der Waals surface area contributed by atoms with E-state index < -0.39 is 5.97 Å². The molecule has 0 bridgehead atoms. The Morgan fingerprint density at radius 2 is 2.32 bits per heavy atom. The summed E-state index contributed by atoms with van der Waals surface area (Å²) in [6.45, 7) is 1.74. The Morgan fingerprint density at radius 1 is 1.58 bits per heavy atom. The SMILES string of the molecule is Cc1nn(C)c(Sc2ncccc2C(=O)O)c1C#N. The second-order valence-electron chi connectivity index (χ2n) is 3.76. The van der Waals surface area contributed by atoms with Crippen molar-refractivity contribution in [2.45, 2.75) is 17.0 Å². The van der Waals surface area contributed by atoms with Crippen LogP contribution in [0, 0.1) is 18.3 Å². The van der Waals surface area contributed by atoms with Crippen molar-refractivity contribution in [3.05, 3.63) is 35.2 Å². The Labute approximate surface area is 113 Å². The van der Waals surface area contributed by atoms with Crippen LogP contribution in [0.25, 0.3) is 0 Å². The minimum atomic E-state index is -1.05. The van der Waals surface area contributed by atoms with Crippen LogP contribution in [0.3, 0.4) is 0 Å². The Hall–Kier alpha value is -2.33. The van der Waals surface area contributed by atoms with Gasteiger partial charge in [0.1, 0.15) is 21.7 Å². The molecular weight excluding hydrogens is 264 g/mol. The second-order valence-corrected chi connectivity index (χ2v) is 4.74. The summed E-state index contributed by atoms with van der Waals surface area (Å²) in [5, 5.41) is 23.3. The molecule has 2 rings (SSSR count). The molecule has 0 aliphatic rings. The number of carbonyl (C=O) groups is 1. The van der Waals surface area contributed by atoms with Crippen LogP contribution in [-0.2, 0) is 7.05 Å². The summed E-state index contributed by atoms with van der Waals surface area (Å²) in [6.07, 6.45) is 1.52. The predicted molar refractivity (Wildman–Crippen MR) is 68.0 cm³/mol. The van der Waals surface area contributed by atoms with Gasteiger partial charge in [-0.15, -0.1) is 0 Å². The highest BCUT2D eigenvalue weighted by Gasteiger charge is 2.18. The minimum absolute atomic E-state index is 0.107. The molecule has 0 aromatic carbocycles. The quantitative estimate of drug-likeness (QED) is 0.918. The standard InChI is InChI=1S/C12H10N4O2S/c1-7-9(6-13)11(16(2)15-7)19-10-8(12(17)18)4-3-5-14-10/h3-5H,1-2H3,(H,17,18). The van der Waals surface area contributed by atoms with Crippen LogP contribution in [0.2, 0.25) is 0 Å². The molecule has 96 valence electrons. The van der Waals surface area contributed by atoms with Gasteiger partial charge in [0, 0.05) is 13.2 Å². The zero-order valence-corrected chi connectivity index (χ0v) is 11.1. The van der Waals surface area contributed by atoms with Gasteiger partial charge in [0.2, 0.25) is 0 Å². The molecule has 2 aromatic rings. The summed E-state index contributed by atoms with van der Waals surface area (Å²) in [5.41, 5.74) is 1.16. The molecule has 0 spiro atoms. The lowest BCUT2D eigenvalue weighted by Crippen LogP contribution is -2.01. The number of rotatable bonds is 3. The molecule has 1 N–H and O–H groups in total. The minimum Gasteiger partial charge on any atom is -0.478 e. The monoisotopic (exact) mass is 274 g/mol. The first-order valence-corrected chi connectivity index (χ1v) is 6.16. The van der Waals surface area contributed by atoms with Crippen molar-refractivity contribution in [1.82, 2.24) is 14.8 Å². The van der Waals surface area contributed by atoms with Gasteiger partial charge in [0.25, 0.3) is 0 Å². The Kier molecular flexibility index (Phi) is 3.53. The molecule has 0 amide bonds. The van der Waals surface area contributed by atoms with Crippen LogP contribution in [-0.4, -0.2) is 25.8 Å². The van der Waals surface area contributed by atoms with Crippen LogP contribution < -0.4 is 0 Å². The molecule has 0 radical (unpaired) electrons. The van der Waals surface area contributed by atoms with Crippen molar-refractivity contribution in [1.29, 1.82) is 5.26 Å². The maximum Gasteiger partial charge on any atom is 0.338 e. The number of aromatic nitrogens is 3. The molecule has 2 heterocycles. The molecular formula is C12H10N4O2S. The number of hydrogen-bond acceptors (Lipinski definition) is 5. The van der Waals surface area contributed by atoms with Gasteiger partial charge in [-0.3, -0.25) is 4.68 Å². The Bertz CT molecular complexity index is 688. The van der Waals surface area contributed by atoms with Gasteiger partial charge in [0.05, 0.1) is 11.3 Å². The highest BCUT2D eigenvalue weighted by molar-refractivity contribution is 7.99. The number of pyridine rings is 1. The van der Waals surface area contributed by atoms with E-state index in [2.05, 4.69) is 16.2 Å². The van der Waals surface area contributed by atoms with E-state index in [4.69, 9.17) is 10.4 Å². The molecule has 0 unspecified atom stereocenters. The van der Waals surface area contributed by atoms with E-state index in [1.165, 1.54) is 12.3 Å². The van der Waals surface area contributed by atoms with Crippen molar-refractivity contribution in [3.8, 4) is 6.07 Å². The normalized spacial score (nSPS) is 10.2. The molecule has 0 aliphatic heterocycles. The zero-order valence-electron chi connectivity index (χ0n) is 10.3. The molecule has 0 aliphatic carbocycles. The molecule has 7 heteroatoms. The van der Waals surface area contributed by atoms with E-state index >= 15 is 0 Å². The summed E-state index contributed by atoms with van der Waals surface area (Å²) in [5.74, 6) is -1.05. The third-order valence-electron chi connectivity index (χ3n) is 2.48. The molecule has 6 nitrogen and oxygen atoms in total. The van der Waals surface area contributed by atoms with Crippen LogP contribution in [0.15, 0.2) is 28.4 Å². The highest BCUT2D eigenvalue weighted by atomic mass is 32.2. The van der Waals surface area contributed by atoms with Crippen molar-refractivity contribution in [3.63, 3.8) is 0 Å². The van der Waals surface area contributed by atoms with Gasteiger partial charge in [-0.05, 0) is 30.8 Å². The average molecular weight is 274 g/mol. The summed E-state index contributed by atoms with van der Waals surface area (Å²) in [7, 11) is 1.71. The number of carboxylic acids is 1. The molecule has 2 aromatic heterocycles. The topological polar surface area (TPSA) is 91.8 Å². The fraction of sp³-hybridized carbons (Fsp3) is 0.167. The first-order valence-electron chi connectivity index (χ1n) is 5.34. The van der Waals surface area contributed by atoms with Gasteiger partial charge in [-0.2, -0.15) is 10.4 Å². The van der Waals surface area contributed by atoms with Gasteiger partial charge < -0.3 is 5.11 Å². The number of hydrogen-bond donors (Lipinski definition) is 1. The summed E-state index contributed by atoms with van der Waals surface area (Å²) >= 11 is 1.13. The van der Waals surface area contributed by atoms with Crippen LogP contribution in [0.1, 0.15) is 21.6 Å². The summed E-state index contributed by atoms with van der Waals surface area (Å²) in [6, 6.07) is 5.12. The third kappa shape index (κ3) is 2.44. The number of nitriles is 1. The molecule has 0 fully saturated rings. The maximum atomic E-state index is 11.1. The smallest absolute Gasteiger partial charge is 0.338 e. The Morgan fingerprint density at radius 3 is 2.95 bits per heavy atom. The predicted octanol–water partition coefficient (Wildman–Crippen LogP) is 1.84. The lowest BCUT2D eigenvalue weighted by molar-refractivity contribution is 0.0692. The van der Waals surface area contributed by atoms with Crippen LogP contribution in [0.5, 0.6) is 0 Å². The second kappa shape index (κ2) is 5.12. The van der Waals surface area contributed by atoms with Crippen molar-refractivity contribution < 1.29 is 9.90 Å². The van der Waals surface area contributed by atoms with E-state index in [1.807, 2.05) is 0 Å². The first-order chi connectivity index (χ1) is 9.04. The van der Waals surface area contributed by atoms with Crippen LogP contribution >= 0.6 is 11.8 Å². The van der Waals surface area contributed by atoms with E-state index in [-0.39, 0.29) is 5.56 Å². The molecule has 19 heavy (non-hydrogen) atoms. The summed E-state index contributed by atoms with van der Waals surface area (Å²) < 4.78 is 1.55. The van der Waals surface area contributed by atoms with Gasteiger partial charge in [-0.25, -0.2) is 9.78 Å². The molecule has 0 atom stereocenters. The fourth-order valence-corrected chi connectivity index (χ4v) is 2.64. The zero-order chi connectivity index (χ0) is 14.0. The third-order valence-corrected chi connectivity index (χ3v) is 3.66. The number of nitrogens with zero attached hydrogens (tertiary/aromatic N) is 4. The van der Waals surface area contributed by atoms with Crippen molar-refractivity contribution in [2.75, 3.05) is 0 Å². The van der Waals surface area contributed by atoms with E-state index in [9.17, 15) is 4.79 Å². The van der Waals surface area contributed by atoms with Crippen molar-refractivity contribution in [2.24, 2.45) is 7.05 Å². The van der Waals surface area contributed by atoms with Crippen LogP contribution in [0.4, 0.5) is 0 Å². The highest BCUT2D eigenvalue weighted by Crippen LogP contribution is 2.31. The lowest BCUT2D eigenvalue weighted by Gasteiger charge is -2.04. The van der Waals surface area contributed by atoms with Gasteiger partial charge in [-0.1, -0.05) is 0 Å². The summed E-state index contributed by atoms with van der Waals surface area (Å²) in [4.78, 5) is 15.2. The largest absolute Gasteiger partial charge is 0.478 e. The number of carboxylic acid groups (broad SMARTS) is 1. The molecule has 0 saturated carbocycles.